The average Bonchev–Trinajstić information content (AvgIpc) is 2.52. The van der Waals surface area contributed by atoms with Gasteiger partial charge in [-0.25, -0.2) is 0 Å². The Balaban J connectivity index is 0.000000829. The lowest BCUT2D eigenvalue weighted by Crippen LogP contribution is -1.92. The third-order valence-electron chi connectivity index (χ3n) is 2.94. The molecule has 0 aromatic heterocycles. The topological polar surface area (TPSA) is 0 Å². The Labute approximate surface area is 125 Å². The quantitative estimate of drug-likeness (QED) is 0.589. The van der Waals surface area contributed by atoms with Crippen LogP contribution < -0.4 is 0 Å². The highest BCUT2D eigenvalue weighted by atomic mass is 14.1. The standard InChI is InChI=1S/C16H16.2C2H6/c1-12-8-4-6-10-15(12)14(3)16-11-7-5-9-13(16)2;2*1-2/h4-11H,3H2,1-2H3;2*1-2H3. The predicted octanol–water partition coefficient (Wildman–Crippen LogP) is 6.42. The minimum absolute atomic E-state index is 1.11. The average molecular weight is 268 g/mol. The van der Waals surface area contributed by atoms with Gasteiger partial charge in [-0.05, 0) is 41.7 Å². The maximum Gasteiger partial charge on any atom is -0.0155 e. The zero-order valence-electron chi connectivity index (χ0n) is 13.8. The van der Waals surface area contributed by atoms with Gasteiger partial charge in [0.25, 0.3) is 0 Å². The van der Waals surface area contributed by atoms with Crippen LogP contribution in [0.15, 0.2) is 55.1 Å². The summed E-state index contributed by atoms with van der Waals surface area (Å²) in [5.74, 6) is 0. The Hall–Kier alpha value is -1.82. The van der Waals surface area contributed by atoms with E-state index in [0.717, 1.165) is 5.57 Å². The third-order valence-corrected chi connectivity index (χ3v) is 2.94. The molecule has 2 aromatic rings. The van der Waals surface area contributed by atoms with Crippen LogP contribution in [0.25, 0.3) is 5.57 Å². The molecule has 0 heteroatoms. The van der Waals surface area contributed by atoms with Crippen LogP contribution in [-0.4, -0.2) is 0 Å². The van der Waals surface area contributed by atoms with Gasteiger partial charge in [0.1, 0.15) is 0 Å². The van der Waals surface area contributed by atoms with E-state index in [1.54, 1.807) is 0 Å². The van der Waals surface area contributed by atoms with E-state index in [4.69, 9.17) is 0 Å². The van der Waals surface area contributed by atoms with Crippen LogP contribution >= 0.6 is 0 Å². The summed E-state index contributed by atoms with van der Waals surface area (Å²) in [4.78, 5) is 0. The van der Waals surface area contributed by atoms with Gasteiger partial charge in [0.15, 0.2) is 0 Å². The van der Waals surface area contributed by atoms with Gasteiger partial charge in [0, 0.05) is 0 Å². The molecule has 0 aliphatic rings. The van der Waals surface area contributed by atoms with Gasteiger partial charge >= 0.3 is 0 Å². The van der Waals surface area contributed by atoms with Crippen LogP contribution in [-0.2, 0) is 0 Å². The lowest BCUT2D eigenvalue weighted by atomic mass is 9.93. The molecule has 0 aliphatic heterocycles. The second kappa shape index (κ2) is 10.0. The summed E-state index contributed by atoms with van der Waals surface area (Å²) in [7, 11) is 0. The first kappa shape index (κ1) is 18.2. The van der Waals surface area contributed by atoms with Gasteiger partial charge in [-0.1, -0.05) is 82.8 Å². The monoisotopic (exact) mass is 268 g/mol. The van der Waals surface area contributed by atoms with Crippen LogP contribution in [0.2, 0.25) is 0 Å². The molecule has 0 fully saturated rings. The predicted molar refractivity (Wildman–Crippen MR) is 93.2 cm³/mol. The first-order valence-electron chi connectivity index (χ1n) is 7.51. The molecule has 108 valence electrons. The van der Waals surface area contributed by atoms with Gasteiger partial charge in [0.05, 0.1) is 0 Å². The molecule has 0 saturated heterocycles. The minimum atomic E-state index is 1.11. The van der Waals surface area contributed by atoms with Crippen molar-refractivity contribution in [1.29, 1.82) is 0 Å². The highest BCUT2D eigenvalue weighted by molar-refractivity contribution is 5.81. The lowest BCUT2D eigenvalue weighted by molar-refractivity contribution is 1.38. The zero-order valence-corrected chi connectivity index (χ0v) is 13.8. The van der Waals surface area contributed by atoms with Crippen LogP contribution in [0, 0.1) is 13.8 Å². The van der Waals surface area contributed by atoms with E-state index in [0.29, 0.717) is 0 Å². The molecule has 0 N–H and O–H groups in total. The van der Waals surface area contributed by atoms with Gasteiger partial charge in [-0.2, -0.15) is 0 Å². The molecule has 0 spiro atoms. The second-order valence-electron chi connectivity index (χ2n) is 4.11. The van der Waals surface area contributed by atoms with Gasteiger partial charge in [-0.15, -0.1) is 0 Å². The Morgan fingerprint density at radius 1 is 0.650 bits per heavy atom. The number of benzene rings is 2. The van der Waals surface area contributed by atoms with Gasteiger partial charge < -0.3 is 0 Å². The van der Waals surface area contributed by atoms with E-state index >= 15 is 0 Å². The third kappa shape index (κ3) is 4.70. The summed E-state index contributed by atoms with van der Waals surface area (Å²) in [5.41, 5.74) is 6.12. The normalized spacial score (nSPS) is 8.70. The maximum absolute atomic E-state index is 4.22. The van der Waals surface area contributed by atoms with E-state index in [-0.39, 0.29) is 0 Å². The summed E-state index contributed by atoms with van der Waals surface area (Å²) >= 11 is 0. The molecule has 20 heavy (non-hydrogen) atoms. The summed E-state index contributed by atoms with van der Waals surface area (Å²) in [5, 5.41) is 0. The first-order valence-corrected chi connectivity index (χ1v) is 7.51. The largest absolute Gasteiger partial charge is 0.0905 e. The smallest absolute Gasteiger partial charge is 0.0155 e. The fourth-order valence-corrected chi connectivity index (χ4v) is 1.97. The van der Waals surface area contributed by atoms with Gasteiger partial charge in [-0.3, -0.25) is 0 Å². The molecule has 2 rings (SSSR count). The van der Waals surface area contributed by atoms with Crippen molar-refractivity contribution < 1.29 is 0 Å². The molecule has 2 aromatic carbocycles. The molecular weight excluding hydrogens is 240 g/mol. The SMILES string of the molecule is C=C(c1ccccc1C)c1ccccc1C.CC.CC. The van der Waals surface area contributed by atoms with Crippen molar-refractivity contribution in [3.05, 3.63) is 77.4 Å². The lowest BCUT2D eigenvalue weighted by Gasteiger charge is -2.11. The second-order valence-corrected chi connectivity index (χ2v) is 4.11. The van der Waals surface area contributed by atoms with E-state index in [1.165, 1.54) is 22.3 Å². The van der Waals surface area contributed by atoms with Crippen molar-refractivity contribution in [2.75, 3.05) is 0 Å². The summed E-state index contributed by atoms with van der Waals surface area (Å²) in [6, 6.07) is 16.7. The summed E-state index contributed by atoms with van der Waals surface area (Å²) in [6.07, 6.45) is 0. The van der Waals surface area contributed by atoms with Crippen LogP contribution in [0.3, 0.4) is 0 Å². The Bertz CT molecular complexity index is 474. The van der Waals surface area contributed by atoms with Crippen LogP contribution in [0.1, 0.15) is 49.9 Å². The van der Waals surface area contributed by atoms with E-state index in [1.807, 2.05) is 27.7 Å². The summed E-state index contributed by atoms with van der Waals surface area (Å²) in [6.45, 7) is 16.5. The van der Waals surface area contributed by atoms with Crippen LogP contribution in [0.5, 0.6) is 0 Å². The zero-order chi connectivity index (χ0) is 15.5. The maximum atomic E-state index is 4.22. The highest BCUT2D eigenvalue weighted by Gasteiger charge is 2.06. The van der Waals surface area contributed by atoms with Gasteiger partial charge in [0.2, 0.25) is 0 Å². The van der Waals surface area contributed by atoms with E-state index in [2.05, 4.69) is 69.0 Å². The van der Waals surface area contributed by atoms with Crippen molar-refractivity contribution in [1.82, 2.24) is 0 Å². The van der Waals surface area contributed by atoms with E-state index < -0.39 is 0 Å². The Morgan fingerprint density at radius 3 is 1.25 bits per heavy atom. The van der Waals surface area contributed by atoms with Crippen molar-refractivity contribution in [2.24, 2.45) is 0 Å². The number of hydrogen-bond acceptors (Lipinski definition) is 0. The Kier molecular flexibility index (Phi) is 9.11. The molecule has 0 bridgehead atoms. The van der Waals surface area contributed by atoms with Crippen molar-refractivity contribution in [2.45, 2.75) is 41.5 Å². The molecule has 0 atom stereocenters. The number of hydrogen-bond donors (Lipinski definition) is 0. The fourth-order valence-electron chi connectivity index (χ4n) is 1.97. The summed E-state index contributed by atoms with van der Waals surface area (Å²) < 4.78 is 0. The highest BCUT2D eigenvalue weighted by Crippen LogP contribution is 2.26. The van der Waals surface area contributed by atoms with Crippen LogP contribution in [0.4, 0.5) is 0 Å². The molecule has 0 amide bonds. The van der Waals surface area contributed by atoms with E-state index in [9.17, 15) is 0 Å². The number of aryl methyl sites for hydroxylation is 2. The number of rotatable bonds is 2. The molecule has 0 heterocycles. The molecule has 0 radical (unpaired) electrons. The first-order chi connectivity index (χ1) is 9.70. The molecule has 0 aliphatic carbocycles. The minimum Gasteiger partial charge on any atom is -0.0905 e. The fraction of sp³-hybridized carbons (Fsp3) is 0.300. The molecule has 0 saturated carbocycles. The molecule has 0 unspecified atom stereocenters. The van der Waals surface area contributed by atoms with Crippen molar-refractivity contribution >= 4 is 5.57 Å². The Morgan fingerprint density at radius 2 is 0.950 bits per heavy atom. The van der Waals surface area contributed by atoms with Crippen molar-refractivity contribution in [3.63, 3.8) is 0 Å². The van der Waals surface area contributed by atoms with Crippen molar-refractivity contribution in [3.8, 4) is 0 Å². The molecular formula is C20H28. The molecule has 0 nitrogen and oxygen atoms in total.